The van der Waals surface area contributed by atoms with Gasteiger partial charge in [0, 0.05) is 34.9 Å². The summed E-state index contributed by atoms with van der Waals surface area (Å²) >= 11 is 0. The monoisotopic (exact) mass is 488 g/mol. The summed E-state index contributed by atoms with van der Waals surface area (Å²) in [5.41, 5.74) is -0.576. The highest BCUT2D eigenvalue weighted by molar-refractivity contribution is 5.85. The van der Waals surface area contributed by atoms with E-state index in [2.05, 4.69) is 59.1 Å². The molecule has 0 unspecified atom stereocenters. The van der Waals surface area contributed by atoms with E-state index in [4.69, 9.17) is 18.9 Å². The Morgan fingerprint density at radius 1 is 0.618 bits per heavy atom. The lowest BCUT2D eigenvalue weighted by molar-refractivity contribution is -0.134. The molecule has 0 aliphatic heterocycles. The number of hydrogen-bond acceptors (Lipinski definition) is 7. The molecule has 0 heterocycles. The maximum Gasteiger partial charge on any atom is 0.246 e. The van der Waals surface area contributed by atoms with Crippen LogP contribution in [0.3, 0.4) is 0 Å². The van der Waals surface area contributed by atoms with E-state index in [1.54, 1.807) is 0 Å². The number of hydrogen-bond donors (Lipinski definition) is 2. The topological polar surface area (TPSA) is 95.1 Å². The van der Waals surface area contributed by atoms with E-state index in [1.807, 2.05) is 20.8 Å². The first-order valence-electron chi connectivity index (χ1n) is 12.3. The third-order valence-corrected chi connectivity index (χ3v) is 4.74. The number of Topliss-reactive ketones (excluding diaryl/α,β-unsaturated/α-hetero) is 1. The number of rotatable bonds is 18. The lowest BCUT2D eigenvalue weighted by atomic mass is 9.91. The SMILES string of the molecule is CC(C)(COCCNC(=O)COCC(=O)C(C)(C)C)COCC(C)(C)COCCNC(C)(C)C. The van der Waals surface area contributed by atoms with E-state index in [1.165, 1.54) is 0 Å². The van der Waals surface area contributed by atoms with Crippen LogP contribution in [-0.4, -0.2) is 83.2 Å². The minimum atomic E-state index is -0.464. The summed E-state index contributed by atoms with van der Waals surface area (Å²) in [5, 5.41) is 6.14. The molecule has 0 aromatic heterocycles. The van der Waals surface area contributed by atoms with E-state index < -0.39 is 5.41 Å². The van der Waals surface area contributed by atoms with Gasteiger partial charge in [0.1, 0.15) is 13.2 Å². The van der Waals surface area contributed by atoms with E-state index in [-0.39, 0.29) is 41.3 Å². The summed E-state index contributed by atoms with van der Waals surface area (Å²) in [5.74, 6) is -0.288. The first-order chi connectivity index (χ1) is 15.4. The summed E-state index contributed by atoms with van der Waals surface area (Å²) in [4.78, 5) is 23.6. The predicted molar refractivity (Wildman–Crippen MR) is 136 cm³/mol. The van der Waals surface area contributed by atoms with E-state index in [0.717, 1.165) is 6.54 Å². The summed E-state index contributed by atoms with van der Waals surface area (Å²) in [6, 6.07) is 0. The highest BCUT2D eigenvalue weighted by Crippen LogP contribution is 2.20. The number of amides is 1. The second-order valence-electron chi connectivity index (χ2n) is 12.6. The summed E-state index contributed by atoms with van der Waals surface area (Å²) in [6.45, 7) is 24.8. The van der Waals surface area contributed by atoms with Crippen molar-refractivity contribution in [3.05, 3.63) is 0 Å². The molecule has 0 saturated carbocycles. The van der Waals surface area contributed by atoms with Crippen molar-refractivity contribution in [2.75, 3.05) is 65.9 Å². The van der Waals surface area contributed by atoms with E-state index in [9.17, 15) is 9.59 Å². The Morgan fingerprint density at radius 3 is 1.56 bits per heavy atom. The smallest absolute Gasteiger partial charge is 0.246 e. The Kier molecular flexibility index (Phi) is 14.7. The van der Waals surface area contributed by atoms with Gasteiger partial charge < -0.3 is 29.6 Å². The second kappa shape index (κ2) is 15.1. The van der Waals surface area contributed by atoms with Crippen molar-refractivity contribution in [1.29, 1.82) is 0 Å². The molecule has 34 heavy (non-hydrogen) atoms. The average Bonchev–Trinajstić information content (AvgIpc) is 2.65. The Bertz CT molecular complexity index is 591. The van der Waals surface area contributed by atoms with Crippen LogP contribution in [0.1, 0.15) is 69.2 Å². The molecular formula is C26H52N2O6. The zero-order valence-corrected chi connectivity index (χ0v) is 23.5. The van der Waals surface area contributed by atoms with Crippen LogP contribution in [0.15, 0.2) is 0 Å². The molecule has 0 saturated heterocycles. The number of nitrogens with one attached hydrogen (secondary N) is 2. The summed E-state index contributed by atoms with van der Waals surface area (Å²) in [7, 11) is 0. The minimum absolute atomic E-state index is 0.0302. The van der Waals surface area contributed by atoms with Gasteiger partial charge in [0.15, 0.2) is 5.78 Å². The molecule has 1 amide bonds. The molecule has 0 aliphatic carbocycles. The lowest BCUT2D eigenvalue weighted by Gasteiger charge is -2.29. The molecular weight excluding hydrogens is 436 g/mol. The van der Waals surface area contributed by atoms with Crippen molar-refractivity contribution < 1.29 is 28.5 Å². The maximum atomic E-state index is 11.8. The number of ether oxygens (including phenoxy) is 4. The standard InChI is InChI=1S/C26H52N2O6/c1-23(2,3)21(29)15-33-16-22(30)27-11-13-31-17-25(7,8)19-34-20-26(9,10)18-32-14-12-28-24(4,5)6/h28H,11-20H2,1-10H3,(H,27,30). The zero-order chi connectivity index (χ0) is 26.5. The molecule has 0 aromatic rings. The predicted octanol–water partition coefficient (Wildman–Crippen LogP) is 3.22. The number of ketones is 1. The molecule has 0 spiro atoms. The van der Waals surface area contributed by atoms with Crippen LogP contribution < -0.4 is 10.6 Å². The highest BCUT2D eigenvalue weighted by atomic mass is 16.5. The van der Waals surface area contributed by atoms with Crippen molar-refractivity contribution >= 4 is 11.7 Å². The molecule has 0 aliphatic rings. The van der Waals surface area contributed by atoms with Crippen LogP contribution in [0.5, 0.6) is 0 Å². The van der Waals surface area contributed by atoms with Crippen LogP contribution >= 0.6 is 0 Å². The van der Waals surface area contributed by atoms with Crippen molar-refractivity contribution in [1.82, 2.24) is 10.6 Å². The molecule has 0 radical (unpaired) electrons. The highest BCUT2D eigenvalue weighted by Gasteiger charge is 2.24. The van der Waals surface area contributed by atoms with Crippen molar-refractivity contribution in [2.24, 2.45) is 16.2 Å². The molecule has 0 rings (SSSR count). The van der Waals surface area contributed by atoms with Crippen LogP contribution in [0.4, 0.5) is 0 Å². The molecule has 2 N–H and O–H groups in total. The summed E-state index contributed by atoms with van der Waals surface area (Å²) in [6.07, 6.45) is 0. The van der Waals surface area contributed by atoms with Gasteiger partial charge in [-0.2, -0.15) is 0 Å². The van der Waals surface area contributed by atoms with Gasteiger partial charge in [0.05, 0.1) is 39.6 Å². The molecule has 0 atom stereocenters. The number of carbonyl (C=O) groups excluding carboxylic acids is 2. The van der Waals surface area contributed by atoms with Gasteiger partial charge in [-0.3, -0.25) is 9.59 Å². The third kappa shape index (κ3) is 19.3. The van der Waals surface area contributed by atoms with Gasteiger partial charge in [-0.25, -0.2) is 0 Å². The Hall–Kier alpha value is -1.06. The van der Waals surface area contributed by atoms with E-state index >= 15 is 0 Å². The van der Waals surface area contributed by atoms with Crippen LogP contribution in [-0.2, 0) is 28.5 Å². The minimum Gasteiger partial charge on any atom is -0.380 e. The Labute approximate surface area is 208 Å². The largest absolute Gasteiger partial charge is 0.380 e. The fourth-order valence-corrected chi connectivity index (χ4v) is 2.65. The number of carbonyl (C=O) groups is 2. The average molecular weight is 489 g/mol. The molecule has 0 bridgehead atoms. The van der Waals surface area contributed by atoms with Gasteiger partial charge in [0.2, 0.25) is 5.91 Å². The Balaban J connectivity index is 3.89. The first kappa shape index (κ1) is 32.9. The third-order valence-electron chi connectivity index (χ3n) is 4.74. The summed E-state index contributed by atoms with van der Waals surface area (Å²) < 4.78 is 22.7. The van der Waals surface area contributed by atoms with Gasteiger partial charge >= 0.3 is 0 Å². The Morgan fingerprint density at radius 2 is 1.09 bits per heavy atom. The first-order valence-corrected chi connectivity index (χ1v) is 12.3. The van der Waals surface area contributed by atoms with Crippen molar-refractivity contribution in [3.8, 4) is 0 Å². The molecule has 8 heteroatoms. The van der Waals surface area contributed by atoms with Gasteiger partial charge in [-0.05, 0) is 20.8 Å². The van der Waals surface area contributed by atoms with Crippen molar-refractivity contribution in [2.45, 2.75) is 74.8 Å². The molecule has 202 valence electrons. The van der Waals surface area contributed by atoms with Crippen LogP contribution in [0.2, 0.25) is 0 Å². The van der Waals surface area contributed by atoms with Crippen LogP contribution in [0, 0.1) is 16.2 Å². The van der Waals surface area contributed by atoms with E-state index in [0.29, 0.717) is 46.2 Å². The maximum absolute atomic E-state index is 11.8. The normalized spacial score (nSPS) is 13.2. The van der Waals surface area contributed by atoms with Crippen LogP contribution in [0.25, 0.3) is 0 Å². The van der Waals surface area contributed by atoms with Gasteiger partial charge in [-0.15, -0.1) is 0 Å². The van der Waals surface area contributed by atoms with Crippen molar-refractivity contribution in [3.63, 3.8) is 0 Å². The fourth-order valence-electron chi connectivity index (χ4n) is 2.65. The van der Waals surface area contributed by atoms with Gasteiger partial charge in [-0.1, -0.05) is 48.5 Å². The zero-order valence-electron chi connectivity index (χ0n) is 23.5. The molecule has 8 nitrogen and oxygen atoms in total. The molecule has 0 aromatic carbocycles. The van der Waals surface area contributed by atoms with Gasteiger partial charge in [0.25, 0.3) is 0 Å². The quantitative estimate of drug-likeness (QED) is 0.286. The second-order valence-corrected chi connectivity index (χ2v) is 12.6. The lowest BCUT2D eigenvalue weighted by Crippen LogP contribution is -2.38. The fraction of sp³-hybridized carbons (Fsp3) is 0.923. The molecule has 0 fully saturated rings.